The van der Waals surface area contributed by atoms with E-state index in [-0.39, 0.29) is 0 Å². The van der Waals surface area contributed by atoms with Crippen molar-refractivity contribution in [2.45, 2.75) is 46.2 Å². The van der Waals surface area contributed by atoms with Crippen molar-refractivity contribution in [3.8, 4) is 0 Å². The van der Waals surface area contributed by atoms with Crippen molar-refractivity contribution in [3.63, 3.8) is 0 Å². The second kappa shape index (κ2) is 6.14. The quantitative estimate of drug-likeness (QED) is 0.803. The van der Waals surface area contributed by atoms with Gasteiger partial charge in [-0.2, -0.15) is 0 Å². The van der Waals surface area contributed by atoms with Gasteiger partial charge in [0, 0.05) is 25.3 Å². The fourth-order valence-corrected chi connectivity index (χ4v) is 2.08. The average molecular weight is 248 g/mol. The maximum absolute atomic E-state index is 4.73. The van der Waals surface area contributed by atoms with Gasteiger partial charge in [-0.05, 0) is 25.3 Å². The summed E-state index contributed by atoms with van der Waals surface area (Å²) in [5, 5.41) is 3.30. The second-order valence-corrected chi connectivity index (χ2v) is 5.43. The standard InChI is InChI=1S/C14H24N4/c1-4-15-7-12-8-16-9-14(17-12)18(10-11(2)3)13-5-6-13/h8-9,11,13,15H,4-7,10H2,1-3H3. The Bertz CT molecular complexity index is 374. The number of nitrogens with zero attached hydrogens (tertiary/aromatic N) is 3. The van der Waals surface area contributed by atoms with E-state index in [4.69, 9.17) is 4.98 Å². The van der Waals surface area contributed by atoms with Crippen LogP contribution in [0.5, 0.6) is 0 Å². The Morgan fingerprint density at radius 2 is 2.17 bits per heavy atom. The van der Waals surface area contributed by atoms with Crippen LogP contribution in [0, 0.1) is 5.92 Å². The highest BCUT2D eigenvalue weighted by Gasteiger charge is 2.30. The highest BCUT2D eigenvalue weighted by Crippen LogP contribution is 2.31. The zero-order chi connectivity index (χ0) is 13.0. The lowest BCUT2D eigenvalue weighted by Gasteiger charge is -2.25. The molecule has 18 heavy (non-hydrogen) atoms. The molecular weight excluding hydrogens is 224 g/mol. The molecule has 100 valence electrons. The van der Waals surface area contributed by atoms with Crippen molar-refractivity contribution >= 4 is 5.82 Å². The molecule has 1 aliphatic carbocycles. The summed E-state index contributed by atoms with van der Waals surface area (Å²) in [7, 11) is 0. The van der Waals surface area contributed by atoms with Gasteiger partial charge in [-0.1, -0.05) is 20.8 Å². The van der Waals surface area contributed by atoms with Gasteiger partial charge in [0.2, 0.25) is 0 Å². The summed E-state index contributed by atoms with van der Waals surface area (Å²) in [4.78, 5) is 11.5. The molecule has 4 nitrogen and oxygen atoms in total. The molecule has 1 saturated carbocycles. The Hall–Kier alpha value is -1.16. The molecule has 0 amide bonds. The van der Waals surface area contributed by atoms with E-state index in [1.807, 2.05) is 12.4 Å². The Balaban J connectivity index is 2.08. The molecular formula is C14H24N4. The molecule has 0 aromatic carbocycles. The van der Waals surface area contributed by atoms with Gasteiger partial charge in [-0.25, -0.2) is 4.98 Å². The highest BCUT2D eigenvalue weighted by atomic mass is 15.2. The van der Waals surface area contributed by atoms with E-state index in [0.717, 1.165) is 31.1 Å². The van der Waals surface area contributed by atoms with E-state index < -0.39 is 0 Å². The van der Waals surface area contributed by atoms with Crippen LogP contribution >= 0.6 is 0 Å². The minimum absolute atomic E-state index is 0.657. The fraction of sp³-hybridized carbons (Fsp3) is 0.714. The molecule has 0 atom stereocenters. The van der Waals surface area contributed by atoms with Crippen LogP contribution in [-0.2, 0) is 6.54 Å². The monoisotopic (exact) mass is 248 g/mol. The maximum atomic E-state index is 4.73. The lowest BCUT2D eigenvalue weighted by atomic mass is 10.2. The van der Waals surface area contributed by atoms with E-state index in [0.29, 0.717) is 12.0 Å². The van der Waals surface area contributed by atoms with Crippen molar-refractivity contribution in [2.75, 3.05) is 18.0 Å². The van der Waals surface area contributed by atoms with Crippen LogP contribution in [-0.4, -0.2) is 29.1 Å². The summed E-state index contributed by atoms with van der Waals surface area (Å²) in [5.41, 5.74) is 1.03. The van der Waals surface area contributed by atoms with Gasteiger partial charge in [0.1, 0.15) is 5.82 Å². The first kappa shape index (κ1) is 13.3. The molecule has 1 aromatic rings. The third kappa shape index (κ3) is 3.67. The summed E-state index contributed by atoms with van der Waals surface area (Å²) in [6.07, 6.45) is 6.35. The minimum Gasteiger partial charge on any atom is -0.352 e. The van der Waals surface area contributed by atoms with Crippen LogP contribution in [0.3, 0.4) is 0 Å². The molecule has 2 rings (SSSR count). The van der Waals surface area contributed by atoms with Gasteiger partial charge in [-0.15, -0.1) is 0 Å². The molecule has 0 radical (unpaired) electrons. The predicted octanol–water partition coefficient (Wildman–Crippen LogP) is 2.21. The SMILES string of the molecule is CCNCc1cncc(N(CC(C)C)C2CC2)n1. The summed E-state index contributed by atoms with van der Waals surface area (Å²) in [5.74, 6) is 1.70. The van der Waals surface area contributed by atoms with Gasteiger partial charge in [-0.3, -0.25) is 4.98 Å². The predicted molar refractivity (Wildman–Crippen MR) is 74.6 cm³/mol. The molecule has 0 spiro atoms. The highest BCUT2D eigenvalue weighted by molar-refractivity contribution is 5.39. The topological polar surface area (TPSA) is 41.1 Å². The third-order valence-corrected chi connectivity index (χ3v) is 3.07. The summed E-state index contributed by atoms with van der Waals surface area (Å²) in [6.45, 7) is 9.45. The van der Waals surface area contributed by atoms with Crippen molar-refractivity contribution in [1.29, 1.82) is 0 Å². The van der Waals surface area contributed by atoms with Crippen molar-refractivity contribution < 1.29 is 0 Å². The molecule has 1 aromatic heterocycles. The zero-order valence-corrected chi connectivity index (χ0v) is 11.7. The Labute approximate surface area is 110 Å². The molecule has 1 heterocycles. The van der Waals surface area contributed by atoms with Crippen molar-refractivity contribution in [3.05, 3.63) is 18.1 Å². The van der Waals surface area contributed by atoms with Crippen LogP contribution in [0.25, 0.3) is 0 Å². The number of hydrogen-bond acceptors (Lipinski definition) is 4. The van der Waals surface area contributed by atoms with Crippen LogP contribution in [0.4, 0.5) is 5.82 Å². The largest absolute Gasteiger partial charge is 0.352 e. The van der Waals surface area contributed by atoms with E-state index in [1.165, 1.54) is 12.8 Å². The first-order chi connectivity index (χ1) is 8.70. The van der Waals surface area contributed by atoms with E-state index >= 15 is 0 Å². The first-order valence-corrected chi connectivity index (χ1v) is 6.99. The number of hydrogen-bond donors (Lipinski definition) is 1. The molecule has 0 aliphatic heterocycles. The number of aromatic nitrogens is 2. The maximum Gasteiger partial charge on any atom is 0.147 e. The Kier molecular flexibility index (Phi) is 4.53. The molecule has 0 saturated heterocycles. The van der Waals surface area contributed by atoms with E-state index in [2.05, 4.69) is 36.0 Å². The first-order valence-electron chi connectivity index (χ1n) is 6.99. The van der Waals surface area contributed by atoms with Gasteiger partial charge in [0.15, 0.2) is 0 Å². The minimum atomic E-state index is 0.657. The Morgan fingerprint density at radius 1 is 1.39 bits per heavy atom. The molecule has 0 bridgehead atoms. The molecule has 1 fully saturated rings. The van der Waals surface area contributed by atoms with Gasteiger partial charge >= 0.3 is 0 Å². The lowest BCUT2D eigenvalue weighted by molar-refractivity contribution is 0.599. The average Bonchev–Trinajstić information content (AvgIpc) is 3.18. The van der Waals surface area contributed by atoms with Crippen molar-refractivity contribution in [1.82, 2.24) is 15.3 Å². The molecule has 1 aliphatic rings. The van der Waals surface area contributed by atoms with E-state index in [1.54, 1.807) is 0 Å². The van der Waals surface area contributed by atoms with Crippen molar-refractivity contribution in [2.24, 2.45) is 5.92 Å². The number of rotatable bonds is 7. The molecule has 1 N–H and O–H groups in total. The summed E-state index contributed by atoms with van der Waals surface area (Å²) >= 11 is 0. The van der Waals surface area contributed by atoms with Gasteiger partial charge in [0.25, 0.3) is 0 Å². The smallest absolute Gasteiger partial charge is 0.147 e. The van der Waals surface area contributed by atoms with Crippen LogP contribution in [0.2, 0.25) is 0 Å². The third-order valence-electron chi connectivity index (χ3n) is 3.07. The van der Waals surface area contributed by atoms with Gasteiger partial charge < -0.3 is 10.2 Å². The molecule has 0 unspecified atom stereocenters. The lowest BCUT2D eigenvalue weighted by Crippen LogP contribution is -2.31. The van der Waals surface area contributed by atoms with Crippen LogP contribution in [0.15, 0.2) is 12.4 Å². The normalized spacial score (nSPS) is 15.1. The zero-order valence-electron chi connectivity index (χ0n) is 11.7. The Morgan fingerprint density at radius 3 is 2.78 bits per heavy atom. The van der Waals surface area contributed by atoms with Crippen LogP contribution in [0.1, 0.15) is 39.3 Å². The number of nitrogens with one attached hydrogen (secondary N) is 1. The van der Waals surface area contributed by atoms with Crippen LogP contribution < -0.4 is 10.2 Å². The van der Waals surface area contributed by atoms with Gasteiger partial charge in [0.05, 0.1) is 11.9 Å². The summed E-state index contributed by atoms with van der Waals surface area (Å²) < 4.78 is 0. The molecule has 4 heteroatoms. The van der Waals surface area contributed by atoms with E-state index in [9.17, 15) is 0 Å². The fourth-order valence-electron chi connectivity index (χ4n) is 2.08. The summed E-state index contributed by atoms with van der Waals surface area (Å²) in [6, 6.07) is 0.691. The number of anilines is 1. The second-order valence-electron chi connectivity index (χ2n) is 5.43.